The number of carbonyl (C=O) groups excluding carboxylic acids is 1. The minimum absolute atomic E-state index is 0.136. The Morgan fingerprint density at radius 2 is 1.57 bits per heavy atom. The van der Waals surface area contributed by atoms with Crippen LogP contribution in [0.15, 0.2) is 0 Å². The van der Waals surface area contributed by atoms with Crippen molar-refractivity contribution in [2.24, 2.45) is 16.7 Å². The lowest BCUT2D eigenvalue weighted by atomic mass is 9.71. The molecule has 0 aromatic carbocycles. The maximum Gasteiger partial charge on any atom is 0.385 e. The lowest BCUT2D eigenvalue weighted by Crippen LogP contribution is -2.36. The van der Waals surface area contributed by atoms with Crippen molar-refractivity contribution >= 4 is 23.2 Å². The third-order valence-corrected chi connectivity index (χ3v) is 5.84. The fourth-order valence-corrected chi connectivity index (χ4v) is 3.62. The van der Waals surface area contributed by atoms with Crippen LogP contribution in [0.4, 0.5) is 4.79 Å². The number of rotatable bonds is 2. The summed E-state index contributed by atoms with van der Waals surface area (Å²) in [5, 5.41) is 7.60. The molecule has 0 aliphatic heterocycles. The van der Waals surface area contributed by atoms with Gasteiger partial charge in [0.2, 0.25) is 5.91 Å². The molecule has 2 N–H and O–H groups in total. The SMILES string of the molecule is CC(C)C1(C)CCCCC(C)(C(=O)NSC(=O)O)CCC1. The number of carbonyl (C=O) groups is 2. The molecule has 1 aliphatic rings. The van der Waals surface area contributed by atoms with E-state index in [0.717, 1.165) is 38.5 Å². The molecule has 5 heteroatoms. The molecule has 1 fully saturated rings. The van der Waals surface area contributed by atoms with Gasteiger partial charge in [0.15, 0.2) is 0 Å². The van der Waals surface area contributed by atoms with Gasteiger partial charge in [-0.05, 0) is 37.0 Å². The van der Waals surface area contributed by atoms with Gasteiger partial charge in [-0.3, -0.25) is 9.52 Å². The first-order valence-corrected chi connectivity index (χ1v) is 8.71. The highest BCUT2D eigenvalue weighted by molar-refractivity contribution is 8.11. The molecule has 2 atom stereocenters. The lowest BCUT2D eigenvalue weighted by Gasteiger charge is -2.34. The van der Waals surface area contributed by atoms with Crippen molar-refractivity contribution in [2.75, 3.05) is 0 Å². The summed E-state index contributed by atoms with van der Waals surface area (Å²) in [6, 6.07) is 0. The molecule has 1 rings (SSSR count). The Labute approximate surface area is 132 Å². The molecule has 1 amide bonds. The van der Waals surface area contributed by atoms with E-state index < -0.39 is 10.7 Å². The summed E-state index contributed by atoms with van der Waals surface area (Å²) in [6.07, 6.45) is 7.23. The van der Waals surface area contributed by atoms with Gasteiger partial charge in [-0.1, -0.05) is 47.0 Å². The molecule has 0 saturated heterocycles. The van der Waals surface area contributed by atoms with Crippen LogP contribution >= 0.6 is 11.9 Å². The Morgan fingerprint density at radius 1 is 1.05 bits per heavy atom. The predicted molar refractivity (Wildman–Crippen MR) is 87.1 cm³/mol. The molecule has 21 heavy (non-hydrogen) atoms. The van der Waals surface area contributed by atoms with Crippen LogP contribution in [0.25, 0.3) is 0 Å². The molecule has 0 spiro atoms. The summed E-state index contributed by atoms with van der Waals surface area (Å²) in [5.41, 5.74) is -0.0811. The van der Waals surface area contributed by atoms with Crippen molar-refractivity contribution in [1.29, 1.82) is 0 Å². The largest absolute Gasteiger partial charge is 0.472 e. The minimum atomic E-state index is -1.07. The van der Waals surface area contributed by atoms with Gasteiger partial charge >= 0.3 is 5.30 Å². The van der Waals surface area contributed by atoms with Gasteiger partial charge in [0.25, 0.3) is 0 Å². The molecule has 0 aromatic rings. The van der Waals surface area contributed by atoms with Crippen LogP contribution in [0.1, 0.15) is 72.6 Å². The van der Waals surface area contributed by atoms with E-state index in [4.69, 9.17) is 5.11 Å². The van der Waals surface area contributed by atoms with Gasteiger partial charge in [-0.15, -0.1) is 0 Å². The second kappa shape index (κ2) is 7.52. The highest BCUT2D eigenvalue weighted by Crippen LogP contribution is 2.43. The van der Waals surface area contributed by atoms with Gasteiger partial charge in [-0.2, -0.15) is 0 Å². The van der Waals surface area contributed by atoms with Crippen molar-refractivity contribution in [2.45, 2.75) is 72.6 Å². The van der Waals surface area contributed by atoms with E-state index in [1.165, 1.54) is 6.42 Å². The van der Waals surface area contributed by atoms with Crippen LogP contribution in [-0.2, 0) is 4.79 Å². The highest BCUT2D eigenvalue weighted by atomic mass is 32.2. The van der Waals surface area contributed by atoms with E-state index in [1.54, 1.807) is 0 Å². The van der Waals surface area contributed by atoms with Crippen molar-refractivity contribution < 1.29 is 14.7 Å². The van der Waals surface area contributed by atoms with Gasteiger partial charge in [-0.25, -0.2) is 4.79 Å². The average Bonchev–Trinajstić information content (AvgIpc) is 2.47. The first-order valence-electron chi connectivity index (χ1n) is 7.90. The molecule has 122 valence electrons. The van der Waals surface area contributed by atoms with E-state index >= 15 is 0 Å². The summed E-state index contributed by atoms with van der Waals surface area (Å²) in [5.74, 6) is 0.515. The van der Waals surface area contributed by atoms with Crippen LogP contribution in [0.2, 0.25) is 0 Å². The van der Waals surface area contributed by atoms with Crippen LogP contribution in [-0.4, -0.2) is 16.3 Å². The summed E-state index contributed by atoms with van der Waals surface area (Å²) in [6.45, 7) is 8.91. The van der Waals surface area contributed by atoms with E-state index in [2.05, 4.69) is 25.5 Å². The normalized spacial score (nSPS) is 31.1. The molecule has 1 aliphatic carbocycles. The standard InChI is InChI=1S/C16H29NO3S/c1-12(2)15(3)8-5-6-9-16(4,11-7-10-15)13(18)17-21-14(19)20/h12H,5-11H2,1-4H3,(H,17,18)(H,19,20). The number of amides is 1. The van der Waals surface area contributed by atoms with Crippen molar-refractivity contribution in [3.8, 4) is 0 Å². The summed E-state index contributed by atoms with van der Waals surface area (Å²) >= 11 is 0.471. The molecule has 0 bridgehead atoms. The maximum absolute atomic E-state index is 12.3. The fourth-order valence-electron chi connectivity index (χ4n) is 3.19. The number of nitrogens with one attached hydrogen (secondary N) is 1. The smallest absolute Gasteiger partial charge is 0.385 e. The maximum atomic E-state index is 12.3. The topological polar surface area (TPSA) is 66.4 Å². The second-order valence-corrected chi connectivity index (χ2v) is 7.99. The molecule has 4 nitrogen and oxygen atoms in total. The zero-order valence-electron chi connectivity index (χ0n) is 13.7. The van der Waals surface area contributed by atoms with Gasteiger partial charge in [0.1, 0.15) is 0 Å². The van der Waals surface area contributed by atoms with Gasteiger partial charge in [0.05, 0.1) is 11.9 Å². The third-order valence-electron chi connectivity index (χ3n) is 5.38. The first-order chi connectivity index (χ1) is 9.69. The Kier molecular flexibility index (Phi) is 6.57. The van der Waals surface area contributed by atoms with Crippen molar-refractivity contribution in [3.05, 3.63) is 0 Å². The first kappa shape index (κ1) is 18.3. The molecular weight excluding hydrogens is 286 g/mol. The predicted octanol–water partition coefficient (Wildman–Crippen LogP) is 4.84. The van der Waals surface area contributed by atoms with E-state index in [-0.39, 0.29) is 5.91 Å². The van der Waals surface area contributed by atoms with Crippen LogP contribution < -0.4 is 4.72 Å². The van der Waals surface area contributed by atoms with Gasteiger partial charge < -0.3 is 5.11 Å². The summed E-state index contributed by atoms with van der Waals surface area (Å²) in [7, 11) is 0. The summed E-state index contributed by atoms with van der Waals surface area (Å²) in [4.78, 5) is 22.9. The zero-order chi connectivity index (χ0) is 16.1. The fraction of sp³-hybridized carbons (Fsp3) is 0.875. The molecule has 0 radical (unpaired) electrons. The quantitative estimate of drug-likeness (QED) is 0.715. The number of hydrogen-bond acceptors (Lipinski definition) is 3. The van der Waals surface area contributed by atoms with E-state index in [9.17, 15) is 9.59 Å². The molecule has 0 aromatic heterocycles. The van der Waals surface area contributed by atoms with Crippen LogP contribution in [0, 0.1) is 16.7 Å². The molecule has 1 saturated carbocycles. The Hall–Kier alpha value is -0.710. The lowest BCUT2D eigenvalue weighted by molar-refractivity contribution is -0.129. The second-order valence-electron chi connectivity index (χ2n) is 7.23. The Balaban J connectivity index is 2.69. The van der Waals surface area contributed by atoms with Crippen LogP contribution in [0.3, 0.4) is 0 Å². The highest BCUT2D eigenvalue weighted by Gasteiger charge is 2.36. The van der Waals surface area contributed by atoms with E-state index in [0.29, 0.717) is 23.3 Å². The van der Waals surface area contributed by atoms with Gasteiger partial charge in [0, 0.05) is 5.41 Å². The van der Waals surface area contributed by atoms with E-state index in [1.807, 2.05) is 6.92 Å². The zero-order valence-corrected chi connectivity index (χ0v) is 14.5. The van der Waals surface area contributed by atoms with Crippen molar-refractivity contribution in [3.63, 3.8) is 0 Å². The van der Waals surface area contributed by atoms with Crippen LogP contribution in [0.5, 0.6) is 0 Å². The molecule has 0 heterocycles. The average molecular weight is 315 g/mol. The summed E-state index contributed by atoms with van der Waals surface area (Å²) < 4.78 is 2.48. The Morgan fingerprint density at radius 3 is 2.14 bits per heavy atom. The molecule has 2 unspecified atom stereocenters. The minimum Gasteiger partial charge on any atom is -0.472 e. The van der Waals surface area contributed by atoms with Crippen molar-refractivity contribution in [1.82, 2.24) is 4.72 Å². The third kappa shape index (κ3) is 5.20. The Bertz CT molecular complexity index is 386. The monoisotopic (exact) mass is 315 g/mol. The molecular formula is C16H29NO3S. The number of hydrogen-bond donors (Lipinski definition) is 2. The number of carboxylic acid groups (broad SMARTS) is 1.